The van der Waals surface area contributed by atoms with E-state index in [1.165, 1.54) is 0 Å². The highest BCUT2D eigenvalue weighted by atomic mass is 79.9. The Hall–Kier alpha value is -1.16. The SMILES string of the molecule is Cn1nc(C=O)c2ccc(Br)cc21. The molecule has 3 nitrogen and oxygen atoms in total. The van der Waals surface area contributed by atoms with Crippen LogP contribution in [-0.2, 0) is 7.05 Å². The zero-order chi connectivity index (χ0) is 9.42. The molecule has 13 heavy (non-hydrogen) atoms. The van der Waals surface area contributed by atoms with E-state index < -0.39 is 0 Å². The number of hydrogen-bond acceptors (Lipinski definition) is 2. The second-order valence-electron chi connectivity index (χ2n) is 2.79. The molecule has 0 amide bonds. The van der Waals surface area contributed by atoms with E-state index in [1.54, 1.807) is 4.68 Å². The molecule has 1 heterocycles. The molecule has 2 aromatic rings. The van der Waals surface area contributed by atoms with E-state index >= 15 is 0 Å². The highest BCUT2D eigenvalue weighted by Crippen LogP contribution is 2.21. The Bertz CT molecular complexity index is 476. The molecule has 1 aromatic carbocycles. The molecule has 0 aliphatic carbocycles. The number of carbonyl (C=O) groups excluding carboxylic acids is 1. The van der Waals surface area contributed by atoms with Crippen molar-refractivity contribution in [1.29, 1.82) is 0 Å². The van der Waals surface area contributed by atoms with Gasteiger partial charge in [0.15, 0.2) is 6.29 Å². The molecular formula is C9H7BrN2O. The first-order chi connectivity index (χ1) is 6.22. The summed E-state index contributed by atoms with van der Waals surface area (Å²) >= 11 is 3.37. The second-order valence-corrected chi connectivity index (χ2v) is 3.70. The number of aryl methyl sites for hydroxylation is 1. The third kappa shape index (κ3) is 1.27. The van der Waals surface area contributed by atoms with E-state index in [-0.39, 0.29) is 0 Å². The van der Waals surface area contributed by atoms with Crippen molar-refractivity contribution >= 4 is 33.1 Å². The maximum absolute atomic E-state index is 10.6. The zero-order valence-electron chi connectivity index (χ0n) is 6.99. The number of aromatic nitrogens is 2. The van der Waals surface area contributed by atoms with Crippen LogP contribution in [0.1, 0.15) is 10.5 Å². The predicted molar refractivity (Wildman–Crippen MR) is 53.8 cm³/mol. The Morgan fingerprint density at radius 3 is 3.00 bits per heavy atom. The van der Waals surface area contributed by atoms with Crippen molar-refractivity contribution in [3.05, 3.63) is 28.4 Å². The Morgan fingerprint density at radius 1 is 1.54 bits per heavy atom. The summed E-state index contributed by atoms with van der Waals surface area (Å²) in [5.41, 5.74) is 1.45. The highest BCUT2D eigenvalue weighted by Gasteiger charge is 2.06. The van der Waals surface area contributed by atoms with Gasteiger partial charge < -0.3 is 0 Å². The molecule has 4 heteroatoms. The van der Waals surface area contributed by atoms with E-state index in [0.29, 0.717) is 5.69 Å². The van der Waals surface area contributed by atoms with Crippen LogP contribution in [-0.4, -0.2) is 16.1 Å². The molecule has 0 N–H and O–H groups in total. The monoisotopic (exact) mass is 238 g/mol. The zero-order valence-corrected chi connectivity index (χ0v) is 8.58. The predicted octanol–water partition coefficient (Wildman–Crippen LogP) is 2.15. The summed E-state index contributed by atoms with van der Waals surface area (Å²) in [6.07, 6.45) is 0.774. The largest absolute Gasteiger partial charge is 0.296 e. The molecule has 0 unspecified atom stereocenters. The van der Waals surface area contributed by atoms with E-state index in [1.807, 2.05) is 25.2 Å². The van der Waals surface area contributed by atoms with E-state index in [4.69, 9.17) is 0 Å². The highest BCUT2D eigenvalue weighted by molar-refractivity contribution is 9.10. The van der Waals surface area contributed by atoms with Gasteiger partial charge in [-0.2, -0.15) is 5.10 Å². The third-order valence-electron chi connectivity index (χ3n) is 1.95. The van der Waals surface area contributed by atoms with Crippen molar-refractivity contribution in [2.24, 2.45) is 7.05 Å². The van der Waals surface area contributed by atoms with Gasteiger partial charge in [-0.1, -0.05) is 15.9 Å². The maximum atomic E-state index is 10.6. The second kappa shape index (κ2) is 2.96. The first kappa shape index (κ1) is 8.44. The quantitative estimate of drug-likeness (QED) is 0.714. The number of benzene rings is 1. The average molecular weight is 239 g/mol. The molecule has 0 aliphatic heterocycles. The number of aldehydes is 1. The van der Waals surface area contributed by atoms with Crippen molar-refractivity contribution in [2.45, 2.75) is 0 Å². The van der Waals surface area contributed by atoms with Crippen LogP contribution in [0.25, 0.3) is 10.9 Å². The van der Waals surface area contributed by atoms with Gasteiger partial charge in [-0.3, -0.25) is 9.48 Å². The lowest BCUT2D eigenvalue weighted by molar-refractivity contribution is 0.112. The number of nitrogens with zero attached hydrogens (tertiary/aromatic N) is 2. The molecule has 1 aromatic heterocycles. The van der Waals surface area contributed by atoms with Crippen LogP contribution in [0, 0.1) is 0 Å². The number of halogens is 1. The Balaban J connectivity index is 2.88. The minimum absolute atomic E-state index is 0.491. The van der Waals surface area contributed by atoms with Crippen LogP contribution in [0.5, 0.6) is 0 Å². The molecule has 0 fully saturated rings. The minimum Gasteiger partial charge on any atom is -0.296 e. The minimum atomic E-state index is 0.491. The Labute approximate surface area is 83.5 Å². The molecule has 2 rings (SSSR count). The fraction of sp³-hybridized carbons (Fsp3) is 0.111. The summed E-state index contributed by atoms with van der Waals surface area (Å²) in [4.78, 5) is 10.6. The van der Waals surface area contributed by atoms with E-state index in [0.717, 1.165) is 21.7 Å². The number of hydrogen-bond donors (Lipinski definition) is 0. The lowest BCUT2D eigenvalue weighted by Gasteiger charge is -1.93. The molecule has 0 saturated heterocycles. The van der Waals surface area contributed by atoms with Crippen molar-refractivity contribution in [2.75, 3.05) is 0 Å². The van der Waals surface area contributed by atoms with Crippen LogP contribution >= 0.6 is 15.9 Å². The summed E-state index contributed by atoms with van der Waals surface area (Å²) in [5.74, 6) is 0. The van der Waals surface area contributed by atoms with E-state index in [2.05, 4.69) is 21.0 Å². The van der Waals surface area contributed by atoms with Gasteiger partial charge in [-0.25, -0.2) is 0 Å². The fourth-order valence-corrected chi connectivity index (χ4v) is 1.69. The van der Waals surface area contributed by atoms with Crippen molar-refractivity contribution in [3.63, 3.8) is 0 Å². The molecule has 0 bridgehead atoms. The summed E-state index contributed by atoms with van der Waals surface area (Å²) in [7, 11) is 1.82. The van der Waals surface area contributed by atoms with Crippen LogP contribution < -0.4 is 0 Å². The fourth-order valence-electron chi connectivity index (χ4n) is 1.35. The molecule has 0 radical (unpaired) electrons. The van der Waals surface area contributed by atoms with Crippen LogP contribution in [0.4, 0.5) is 0 Å². The number of carbonyl (C=O) groups is 1. The van der Waals surface area contributed by atoms with Gasteiger partial charge in [-0.15, -0.1) is 0 Å². The Morgan fingerprint density at radius 2 is 2.31 bits per heavy atom. The third-order valence-corrected chi connectivity index (χ3v) is 2.45. The molecule has 66 valence electrons. The summed E-state index contributed by atoms with van der Waals surface area (Å²) in [6, 6.07) is 5.72. The maximum Gasteiger partial charge on any atom is 0.170 e. The standard InChI is InChI=1S/C9H7BrN2O/c1-12-9-4-6(10)2-3-7(9)8(5-13)11-12/h2-5H,1H3. The van der Waals surface area contributed by atoms with Crippen LogP contribution in [0.3, 0.4) is 0 Å². The van der Waals surface area contributed by atoms with Crippen molar-refractivity contribution in [3.8, 4) is 0 Å². The molecule has 0 saturated carbocycles. The first-order valence-corrected chi connectivity index (χ1v) is 4.59. The van der Waals surface area contributed by atoms with Gasteiger partial charge in [0, 0.05) is 16.9 Å². The van der Waals surface area contributed by atoms with Crippen LogP contribution in [0.15, 0.2) is 22.7 Å². The molecule has 0 spiro atoms. The molecule has 0 atom stereocenters. The first-order valence-electron chi connectivity index (χ1n) is 3.80. The number of fused-ring (bicyclic) bond motifs is 1. The average Bonchev–Trinajstić information content (AvgIpc) is 2.43. The molecular weight excluding hydrogens is 232 g/mol. The van der Waals surface area contributed by atoms with Gasteiger partial charge in [-0.05, 0) is 18.2 Å². The van der Waals surface area contributed by atoms with Crippen molar-refractivity contribution < 1.29 is 4.79 Å². The van der Waals surface area contributed by atoms with Crippen molar-refractivity contribution in [1.82, 2.24) is 9.78 Å². The summed E-state index contributed by atoms with van der Waals surface area (Å²) < 4.78 is 2.68. The lowest BCUT2D eigenvalue weighted by Crippen LogP contribution is -1.90. The van der Waals surface area contributed by atoms with Gasteiger partial charge in [0.05, 0.1) is 5.52 Å². The van der Waals surface area contributed by atoms with Gasteiger partial charge in [0.25, 0.3) is 0 Å². The number of rotatable bonds is 1. The van der Waals surface area contributed by atoms with Gasteiger partial charge in [0.2, 0.25) is 0 Å². The normalized spacial score (nSPS) is 10.6. The summed E-state index contributed by atoms with van der Waals surface area (Å²) in [6.45, 7) is 0. The van der Waals surface area contributed by atoms with Crippen LogP contribution in [0.2, 0.25) is 0 Å². The van der Waals surface area contributed by atoms with E-state index in [9.17, 15) is 4.79 Å². The lowest BCUT2D eigenvalue weighted by atomic mass is 10.2. The van der Waals surface area contributed by atoms with Gasteiger partial charge >= 0.3 is 0 Å². The molecule has 0 aliphatic rings. The smallest absolute Gasteiger partial charge is 0.170 e. The van der Waals surface area contributed by atoms with Gasteiger partial charge in [0.1, 0.15) is 5.69 Å². The summed E-state index contributed by atoms with van der Waals surface area (Å²) in [5, 5.41) is 4.97. The Kier molecular flexibility index (Phi) is 1.92. The topological polar surface area (TPSA) is 34.9 Å².